The van der Waals surface area contributed by atoms with Gasteiger partial charge in [-0.2, -0.15) is 0 Å². The molecule has 0 unspecified atom stereocenters. The number of esters is 1. The monoisotopic (exact) mass is 285 g/mol. The first kappa shape index (κ1) is 14.7. The van der Waals surface area contributed by atoms with E-state index in [1.807, 2.05) is 6.92 Å². The van der Waals surface area contributed by atoms with E-state index in [9.17, 15) is 9.59 Å². The largest absolute Gasteiger partial charge is 0.496 e. The van der Waals surface area contributed by atoms with E-state index in [2.05, 4.69) is 4.98 Å². The van der Waals surface area contributed by atoms with E-state index in [0.717, 1.165) is 5.56 Å². The van der Waals surface area contributed by atoms with Crippen LogP contribution in [-0.4, -0.2) is 30.5 Å². The molecule has 0 amide bonds. The molecule has 1 aromatic heterocycles. The van der Waals surface area contributed by atoms with E-state index in [4.69, 9.17) is 9.47 Å². The van der Waals surface area contributed by atoms with E-state index in [1.54, 1.807) is 36.5 Å². The molecule has 0 N–H and O–H groups in total. The lowest BCUT2D eigenvalue weighted by molar-refractivity contribution is 0.0473. The van der Waals surface area contributed by atoms with Crippen LogP contribution in [0.2, 0.25) is 0 Å². The highest BCUT2D eigenvalue weighted by molar-refractivity contribution is 6.01. The van der Waals surface area contributed by atoms with Crippen molar-refractivity contribution in [2.24, 2.45) is 0 Å². The second kappa shape index (κ2) is 6.65. The van der Waals surface area contributed by atoms with Gasteiger partial charge in [-0.15, -0.1) is 0 Å². The number of carbonyl (C=O) groups is 2. The maximum Gasteiger partial charge on any atom is 0.340 e. The first-order valence-corrected chi connectivity index (χ1v) is 6.37. The van der Waals surface area contributed by atoms with E-state index < -0.39 is 5.97 Å². The SMILES string of the molecule is COc1cc(C)ccc1C(=O)COC(=O)c1cccnc1. The predicted octanol–water partition coefficient (Wildman–Crippen LogP) is 2.44. The fourth-order valence-electron chi connectivity index (χ4n) is 1.80. The molecular weight excluding hydrogens is 270 g/mol. The van der Waals surface area contributed by atoms with Gasteiger partial charge in [-0.1, -0.05) is 6.07 Å². The van der Waals surface area contributed by atoms with Crippen molar-refractivity contribution in [3.63, 3.8) is 0 Å². The zero-order valence-corrected chi connectivity index (χ0v) is 11.8. The number of ether oxygens (including phenoxy) is 2. The Morgan fingerprint density at radius 3 is 2.71 bits per heavy atom. The van der Waals surface area contributed by atoms with Crippen LogP contribution in [0.5, 0.6) is 5.75 Å². The first-order valence-electron chi connectivity index (χ1n) is 6.37. The van der Waals surface area contributed by atoms with Crippen LogP contribution in [0.25, 0.3) is 0 Å². The molecule has 2 rings (SSSR count). The summed E-state index contributed by atoms with van der Waals surface area (Å²) < 4.78 is 10.2. The third kappa shape index (κ3) is 3.66. The summed E-state index contributed by atoms with van der Waals surface area (Å²) in [6, 6.07) is 8.43. The molecule has 5 heteroatoms. The van der Waals surface area contributed by atoms with Gasteiger partial charge < -0.3 is 9.47 Å². The number of benzene rings is 1. The van der Waals surface area contributed by atoms with Gasteiger partial charge in [0, 0.05) is 12.4 Å². The van der Waals surface area contributed by atoms with Gasteiger partial charge in [0.05, 0.1) is 18.2 Å². The molecule has 1 heterocycles. The van der Waals surface area contributed by atoms with Crippen molar-refractivity contribution in [2.45, 2.75) is 6.92 Å². The van der Waals surface area contributed by atoms with Crippen molar-refractivity contribution in [3.05, 3.63) is 59.4 Å². The van der Waals surface area contributed by atoms with Crippen molar-refractivity contribution in [3.8, 4) is 5.75 Å². The highest BCUT2D eigenvalue weighted by Gasteiger charge is 2.15. The average molecular weight is 285 g/mol. The number of carbonyl (C=O) groups excluding carboxylic acids is 2. The number of rotatable bonds is 5. The van der Waals surface area contributed by atoms with Crippen LogP contribution in [0.4, 0.5) is 0 Å². The molecule has 0 spiro atoms. The van der Waals surface area contributed by atoms with Gasteiger partial charge in [-0.3, -0.25) is 9.78 Å². The summed E-state index contributed by atoms with van der Waals surface area (Å²) in [7, 11) is 1.49. The minimum atomic E-state index is -0.581. The van der Waals surface area contributed by atoms with Crippen LogP contribution in [0.15, 0.2) is 42.7 Å². The van der Waals surface area contributed by atoms with Crippen LogP contribution in [0.3, 0.4) is 0 Å². The number of nitrogens with zero attached hydrogens (tertiary/aromatic N) is 1. The summed E-state index contributed by atoms with van der Waals surface area (Å²) in [5.74, 6) is -0.427. The zero-order chi connectivity index (χ0) is 15.2. The lowest BCUT2D eigenvalue weighted by Crippen LogP contribution is -2.15. The molecule has 0 saturated carbocycles. The van der Waals surface area contributed by atoms with Gasteiger partial charge in [0.15, 0.2) is 6.61 Å². The van der Waals surface area contributed by atoms with E-state index in [-0.39, 0.29) is 12.4 Å². The Hall–Kier alpha value is -2.69. The lowest BCUT2D eigenvalue weighted by Gasteiger charge is -2.09. The lowest BCUT2D eigenvalue weighted by atomic mass is 10.1. The number of methoxy groups -OCH3 is 1. The molecule has 0 aliphatic rings. The first-order chi connectivity index (χ1) is 10.1. The Morgan fingerprint density at radius 1 is 1.24 bits per heavy atom. The number of aromatic nitrogens is 1. The van der Waals surface area contributed by atoms with Crippen LogP contribution >= 0.6 is 0 Å². The zero-order valence-electron chi connectivity index (χ0n) is 11.8. The van der Waals surface area contributed by atoms with Crippen molar-refractivity contribution >= 4 is 11.8 Å². The highest BCUT2D eigenvalue weighted by Crippen LogP contribution is 2.20. The standard InChI is InChI=1S/C16H15NO4/c1-11-5-6-13(15(8-11)20-2)14(18)10-21-16(19)12-4-3-7-17-9-12/h3-9H,10H2,1-2H3. The number of Topliss-reactive ketones (excluding diaryl/α,β-unsaturated/α-hetero) is 1. The minimum Gasteiger partial charge on any atom is -0.496 e. The topological polar surface area (TPSA) is 65.5 Å². The maximum absolute atomic E-state index is 12.1. The molecule has 108 valence electrons. The van der Waals surface area contributed by atoms with Crippen LogP contribution in [0, 0.1) is 6.92 Å². The van der Waals surface area contributed by atoms with Gasteiger partial charge in [0.2, 0.25) is 5.78 Å². The average Bonchev–Trinajstić information content (AvgIpc) is 2.52. The Kier molecular flexibility index (Phi) is 4.66. The molecule has 0 atom stereocenters. The molecule has 1 aromatic carbocycles. The molecule has 0 aliphatic carbocycles. The summed E-state index contributed by atoms with van der Waals surface area (Å²) >= 11 is 0. The van der Waals surface area contributed by atoms with Crippen molar-refractivity contribution in [1.82, 2.24) is 4.98 Å². The second-order valence-corrected chi connectivity index (χ2v) is 4.44. The summed E-state index contributed by atoms with van der Waals surface area (Å²) in [4.78, 5) is 27.7. The molecule has 0 aliphatic heterocycles. The smallest absolute Gasteiger partial charge is 0.340 e. The number of ketones is 1. The van der Waals surface area contributed by atoms with Gasteiger partial charge in [-0.05, 0) is 36.8 Å². The van der Waals surface area contributed by atoms with Crippen molar-refractivity contribution < 1.29 is 19.1 Å². The molecular formula is C16H15NO4. The molecule has 0 bridgehead atoms. The van der Waals surface area contributed by atoms with Gasteiger partial charge >= 0.3 is 5.97 Å². The highest BCUT2D eigenvalue weighted by atomic mass is 16.5. The normalized spacial score (nSPS) is 10.0. The predicted molar refractivity (Wildman–Crippen MR) is 76.6 cm³/mol. The fourth-order valence-corrected chi connectivity index (χ4v) is 1.80. The van der Waals surface area contributed by atoms with Gasteiger partial charge in [-0.25, -0.2) is 4.79 Å². The molecule has 5 nitrogen and oxygen atoms in total. The molecule has 0 saturated heterocycles. The number of aryl methyl sites for hydroxylation is 1. The Morgan fingerprint density at radius 2 is 2.05 bits per heavy atom. The number of pyridine rings is 1. The molecule has 2 aromatic rings. The quantitative estimate of drug-likeness (QED) is 0.623. The summed E-state index contributed by atoms with van der Waals surface area (Å²) in [6.07, 6.45) is 2.94. The van der Waals surface area contributed by atoms with Crippen LogP contribution in [-0.2, 0) is 4.74 Å². The van der Waals surface area contributed by atoms with E-state index in [0.29, 0.717) is 16.9 Å². The fraction of sp³-hybridized carbons (Fsp3) is 0.188. The van der Waals surface area contributed by atoms with E-state index >= 15 is 0 Å². The molecule has 0 fully saturated rings. The Balaban J connectivity index is 2.04. The van der Waals surface area contributed by atoms with Gasteiger partial charge in [0.25, 0.3) is 0 Å². The van der Waals surface area contributed by atoms with Crippen molar-refractivity contribution in [2.75, 3.05) is 13.7 Å². The molecule has 21 heavy (non-hydrogen) atoms. The van der Waals surface area contributed by atoms with Gasteiger partial charge in [0.1, 0.15) is 5.75 Å². The maximum atomic E-state index is 12.1. The summed E-state index contributed by atoms with van der Waals surface area (Å²) in [5, 5.41) is 0. The Labute approximate surface area is 122 Å². The second-order valence-electron chi connectivity index (χ2n) is 4.44. The summed E-state index contributed by atoms with van der Waals surface area (Å²) in [5.41, 5.74) is 1.68. The summed E-state index contributed by atoms with van der Waals surface area (Å²) in [6.45, 7) is 1.56. The van der Waals surface area contributed by atoms with Crippen molar-refractivity contribution in [1.29, 1.82) is 0 Å². The molecule has 0 radical (unpaired) electrons. The Bertz CT molecular complexity index is 653. The third-order valence-electron chi connectivity index (χ3n) is 2.89. The van der Waals surface area contributed by atoms with Crippen LogP contribution in [0.1, 0.15) is 26.3 Å². The van der Waals surface area contributed by atoms with E-state index in [1.165, 1.54) is 13.3 Å². The van der Waals surface area contributed by atoms with Crippen LogP contribution < -0.4 is 4.74 Å². The third-order valence-corrected chi connectivity index (χ3v) is 2.89. The number of hydrogen-bond donors (Lipinski definition) is 0. The minimum absolute atomic E-state index is 0.307. The number of hydrogen-bond acceptors (Lipinski definition) is 5.